The van der Waals surface area contributed by atoms with Gasteiger partial charge in [0.15, 0.2) is 5.78 Å². The van der Waals surface area contributed by atoms with E-state index >= 15 is 0 Å². The van der Waals surface area contributed by atoms with Crippen LogP contribution in [0.3, 0.4) is 0 Å². The van der Waals surface area contributed by atoms with Gasteiger partial charge in [0.1, 0.15) is 23.7 Å². The molecule has 0 aliphatic carbocycles. The fraction of sp³-hybridized carbons (Fsp3) is 0.290. The van der Waals surface area contributed by atoms with E-state index in [1.807, 2.05) is 60.7 Å². The molecule has 2 amide bonds. The van der Waals surface area contributed by atoms with Crippen LogP contribution in [-0.4, -0.2) is 56.5 Å². The van der Waals surface area contributed by atoms with Crippen LogP contribution in [0.4, 0.5) is 4.79 Å². The van der Waals surface area contributed by atoms with Crippen LogP contribution in [0.25, 0.3) is 0 Å². The van der Waals surface area contributed by atoms with E-state index in [4.69, 9.17) is 20.6 Å². The quantitative estimate of drug-likeness (QED) is 0.179. The fourth-order valence-electron chi connectivity index (χ4n) is 5.17. The van der Waals surface area contributed by atoms with Crippen molar-refractivity contribution < 1.29 is 23.9 Å². The number of rotatable bonds is 11. The lowest BCUT2D eigenvalue weighted by Crippen LogP contribution is -2.53. The van der Waals surface area contributed by atoms with Crippen LogP contribution in [0.5, 0.6) is 5.75 Å². The van der Waals surface area contributed by atoms with Gasteiger partial charge in [-0.1, -0.05) is 66.7 Å². The van der Waals surface area contributed by atoms with Gasteiger partial charge in [0.2, 0.25) is 5.91 Å². The van der Waals surface area contributed by atoms with Gasteiger partial charge in [-0.3, -0.25) is 15.0 Å². The Kier molecular flexibility index (Phi) is 9.70. The summed E-state index contributed by atoms with van der Waals surface area (Å²) >= 11 is 0. The Hall–Kier alpha value is -4.70. The van der Waals surface area contributed by atoms with Gasteiger partial charge in [-0.15, -0.1) is 0 Å². The Bertz CT molecular complexity index is 1340. The number of alkyl carbamates (subject to hydrolysis) is 1. The largest absolute Gasteiger partial charge is 0.496 e. The van der Waals surface area contributed by atoms with Crippen LogP contribution in [0, 0.1) is 5.41 Å². The molecule has 3 aromatic carbocycles. The number of carbonyl (C=O) groups excluding carboxylic acids is 3. The Morgan fingerprint density at radius 3 is 2.07 bits per heavy atom. The molecule has 1 aliphatic rings. The number of amides is 2. The summed E-state index contributed by atoms with van der Waals surface area (Å²) in [5.41, 5.74) is 8.12. The van der Waals surface area contributed by atoms with Crippen LogP contribution in [-0.2, 0) is 14.3 Å². The highest BCUT2D eigenvalue weighted by Crippen LogP contribution is 2.31. The maximum Gasteiger partial charge on any atom is 0.407 e. The van der Waals surface area contributed by atoms with Crippen LogP contribution in [0.15, 0.2) is 78.9 Å². The number of carbonyl (C=O) groups is 3. The lowest BCUT2D eigenvalue weighted by molar-refractivity contribution is -0.130. The van der Waals surface area contributed by atoms with Crippen molar-refractivity contribution in [3.63, 3.8) is 0 Å². The smallest absolute Gasteiger partial charge is 0.407 e. The van der Waals surface area contributed by atoms with E-state index in [9.17, 15) is 14.4 Å². The van der Waals surface area contributed by atoms with E-state index in [1.165, 1.54) is 14.2 Å². The molecule has 41 heavy (non-hydrogen) atoms. The van der Waals surface area contributed by atoms with Crippen LogP contribution >= 0.6 is 0 Å². The first-order chi connectivity index (χ1) is 19.8. The molecular formula is C31H35N5O5. The second-order valence-electron chi connectivity index (χ2n) is 9.78. The van der Waals surface area contributed by atoms with Crippen molar-refractivity contribution in [3.05, 3.63) is 101 Å². The molecule has 4 rings (SSSR count). The molecule has 3 atom stereocenters. The summed E-state index contributed by atoms with van der Waals surface area (Å²) < 4.78 is 10.3. The molecule has 0 saturated carbocycles. The summed E-state index contributed by atoms with van der Waals surface area (Å²) in [7, 11) is 2.67. The van der Waals surface area contributed by atoms with Crippen molar-refractivity contribution in [1.82, 2.24) is 16.0 Å². The van der Waals surface area contributed by atoms with Gasteiger partial charge in [0, 0.05) is 5.92 Å². The predicted molar refractivity (Wildman–Crippen MR) is 155 cm³/mol. The highest BCUT2D eigenvalue weighted by molar-refractivity contribution is 5.99. The van der Waals surface area contributed by atoms with E-state index in [0.29, 0.717) is 29.8 Å². The number of amidine groups is 1. The average molecular weight is 558 g/mol. The number of ether oxygens (including phenoxy) is 2. The van der Waals surface area contributed by atoms with E-state index < -0.39 is 36.0 Å². The summed E-state index contributed by atoms with van der Waals surface area (Å²) in [6.45, 7) is 0.695. The summed E-state index contributed by atoms with van der Waals surface area (Å²) in [6.07, 6.45) is 0.684. The second kappa shape index (κ2) is 13.6. The summed E-state index contributed by atoms with van der Waals surface area (Å²) in [5.74, 6) is -1.27. The highest BCUT2D eigenvalue weighted by Gasteiger charge is 2.37. The summed E-state index contributed by atoms with van der Waals surface area (Å²) in [4.78, 5) is 40.5. The number of hydrogen-bond donors (Lipinski definition) is 5. The Morgan fingerprint density at radius 2 is 1.56 bits per heavy atom. The zero-order chi connectivity index (χ0) is 29.4. The van der Waals surface area contributed by atoms with E-state index in [2.05, 4.69) is 16.0 Å². The molecule has 214 valence electrons. The average Bonchev–Trinajstić information content (AvgIpc) is 3.55. The van der Waals surface area contributed by atoms with Crippen molar-refractivity contribution in [3.8, 4) is 5.75 Å². The second-order valence-corrected chi connectivity index (χ2v) is 9.78. The van der Waals surface area contributed by atoms with Gasteiger partial charge in [-0.05, 0) is 48.2 Å². The molecule has 0 aromatic heterocycles. The van der Waals surface area contributed by atoms with Gasteiger partial charge < -0.3 is 31.2 Å². The molecule has 0 bridgehead atoms. The Morgan fingerprint density at radius 1 is 0.927 bits per heavy atom. The maximum absolute atomic E-state index is 14.2. The number of nitrogen functional groups attached to an aromatic ring is 1. The minimum Gasteiger partial charge on any atom is -0.496 e. The molecule has 10 heteroatoms. The molecular weight excluding hydrogens is 522 g/mol. The molecule has 1 heterocycles. The molecule has 1 fully saturated rings. The van der Waals surface area contributed by atoms with E-state index in [0.717, 1.165) is 17.5 Å². The molecule has 1 unspecified atom stereocenters. The van der Waals surface area contributed by atoms with Crippen LogP contribution in [0.2, 0.25) is 0 Å². The first-order valence-corrected chi connectivity index (χ1v) is 13.4. The number of ketones is 1. The fourth-order valence-corrected chi connectivity index (χ4v) is 5.17. The molecule has 6 N–H and O–H groups in total. The van der Waals surface area contributed by atoms with Gasteiger partial charge in [0.05, 0.1) is 25.8 Å². The van der Waals surface area contributed by atoms with Crippen molar-refractivity contribution >= 4 is 23.6 Å². The zero-order valence-electron chi connectivity index (χ0n) is 23.1. The molecule has 1 aliphatic heterocycles. The first kappa shape index (κ1) is 29.3. The van der Waals surface area contributed by atoms with Crippen molar-refractivity contribution in [2.24, 2.45) is 5.73 Å². The lowest BCUT2D eigenvalue weighted by Gasteiger charge is -2.30. The topological polar surface area (TPSA) is 156 Å². The first-order valence-electron chi connectivity index (χ1n) is 13.4. The van der Waals surface area contributed by atoms with Crippen LogP contribution < -0.4 is 26.4 Å². The van der Waals surface area contributed by atoms with E-state index in [-0.39, 0.29) is 11.6 Å². The third-order valence-electron chi connectivity index (χ3n) is 7.22. The minimum absolute atomic E-state index is 0.186. The molecule has 1 saturated heterocycles. The zero-order valence-corrected chi connectivity index (χ0v) is 23.1. The van der Waals surface area contributed by atoms with Gasteiger partial charge in [-0.2, -0.15) is 0 Å². The van der Waals surface area contributed by atoms with E-state index in [1.54, 1.807) is 18.2 Å². The van der Waals surface area contributed by atoms with Gasteiger partial charge in [0.25, 0.3) is 0 Å². The van der Waals surface area contributed by atoms with Crippen LogP contribution in [0.1, 0.15) is 47.1 Å². The molecule has 3 aromatic rings. The number of nitrogens with one attached hydrogen (secondary N) is 4. The summed E-state index contributed by atoms with van der Waals surface area (Å²) in [5, 5.41) is 16.7. The Labute approximate surface area is 239 Å². The molecule has 0 spiro atoms. The molecule has 10 nitrogen and oxygen atoms in total. The number of nitrogens with two attached hydrogens (primary N) is 1. The number of methoxy groups -OCH3 is 2. The lowest BCUT2D eigenvalue weighted by atomic mass is 9.84. The monoisotopic (exact) mass is 557 g/mol. The highest BCUT2D eigenvalue weighted by atomic mass is 16.5. The van der Waals surface area contributed by atoms with Gasteiger partial charge >= 0.3 is 6.09 Å². The summed E-state index contributed by atoms with van der Waals surface area (Å²) in [6, 6.07) is 20.9. The van der Waals surface area contributed by atoms with Crippen molar-refractivity contribution in [2.45, 2.75) is 36.9 Å². The third kappa shape index (κ3) is 6.90. The number of hydrogen-bond acceptors (Lipinski definition) is 7. The van der Waals surface area contributed by atoms with Gasteiger partial charge in [-0.25, -0.2) is 4.79 Å². The number of benzene rings is 3. The minimum atomic E-state index is -1.13. The standard InChI is InChI=1S/C31H35N5O5/c1-40-24-18-21(15-16-22(24)29(32)33)26(28(37)23-14-9-17-34-23)35-30(38)27(36-31(39)41-2)25(19-10-5-3-6-11-19)20-12-7-4-8-13-20/h3-8,10-13,15-16,18,23,25-27,34H,9,14,17H2,1-2H3,(H3,32,33)(H,35,38)(H,36,39)/t23-,26?,27+/m0/s1. The maximum atomic E-state index is 14.2. The predicted octanol–water partition coefficient (Wildman–Crippen LogP) is 3.01. The number of Topliss-reactive ketones (excluding diaryl/α,β-unsaturated/α-hetero) is 1. The normalized spacial score (nSPS) is 15.9. The van der Waals surface area contributed by atoms with Crippen molar-refractivity contribution in [2.75, 3.05) is 20.8 Å². The van der Waals surface area contributed by atoms with Crippen molar-refractivity contribution in [1.29, 1.82) is 5.41 Å². The third-order valence-corrected chi connectivity index (χ3v) is 7.22. The molecule has 0 radical (unpaired) electrons. The Balaban J connectivity index is 1.77. The SMILES string of the molecule is COC(=O)N[C@@H](C(=O)NC(C(=O)[C@@H]1CCCN1)c1ccc(C(=N)N)c(OC)c1)C(c1ccccc1)c1ccccc1.